The van der Waals surface area contributed by atoms with Crippen LogP contribution in [0.25, 0.3) is 0 Å². The van der Waals surface area contributed by atoms with Gasteiger partial charge in [-0.2, -0.15) is 0 Å². The topological polar surface area (TPSA) is 88.3 Å². The van der Waals surface area contributed by atoms with Crippen LogP contribution in [0.1, 0.15) is 32.2 Å². The van der Waals surface area contributed by atoms with Crippen LogP contribution in [-0.4, -0.2) is 49.8 Å². The smallest absolute Gasteiger partial charge is 0.318 e. The van der Waals surface area contributed by atoms with E-state index in [0.29, 0.717) is 25.0 Å². The monoisotopic (exact) mass is 288 g/mol. The summed E-state index contributed by atoms with van der Waals surface area (Å²) in [6.45, 7) is 5.78. The van der Waals surface area contributed by atoms with Crippen molar-refractivity contribution in [2.24, 2.45) is 0 Å². The fraction of sp³-hybridized carbons (Fsp3) is 0.818. The number of nitrogens with zero attached hydrogens (tertiary/aromatic N) is 3. The Morgan fingerprint density at radius 1 is 1.37 bits per heavy atom. The predicted octanol–water partition coefficient (Wildman–Crippen LogP) is 0.365. The maximum Gasteiger partial charge on any atom is 0.318 e. The number of hydrogen-bond acceptors (Lipinski definition) is 7. The molecular formula is C11H20N4O3S. The van der Waals surface area contributed by atoms with Crippen molar-refractivity contribution in [2.75, 3.05) is 36.0 Å². The highest BCUT2D eigenvalue weighted by Crippen LogP contribution is 2.19. The van der Waals surface area contributed by atoms with Crippen molar-refractivity contribution < 1.29 is 12.8 Å². The van der Waals surface area contributed by atoms with Crippen LogP contribution in [0.15, 0.2) is 4.42 Å². The van der Waals surface area contributed by atoms with Crippen molar-refractivity contribution in [1.29, 1.82) is 0 Å². The van der Waals surface area contributed by atoms with Crippen molar-refractivity contribution in [3.8, 4) is 0 Å². The lowest BCUT2D eigenvalue weighted by Gasteiger charge is -2.24. The molecule has 2 heterocycles. The van der Waals surface area contributed by atoms with Crippen LogP contribution in [0.2, 0.25) is 0 Å². The fourth-order valence-corrected chi connectivity index (χ4v) is 3.08. The molecule has 1 fully saturated rings. The van der Waals surface area contributed by atoms with Crippen LogP contribution < -0.4 is 10.2 Å². The van der Waals surface area contributed by atoms with E-state index in [1.165, 1.54) is 0 Å². The molecule has 1 unspecified atom stereocenters. The molecule has 8 heteroatoms. The molecule has 0 amide bonds. The van der Waals surface area contributed by atoms with E-state index < -0.39 is 9.84 Å². The van der Waals surface area contributed by atoms with Gasteiger partial charge in [-0.25, -0.2) is 8.42 Å². The summed E-state index contributed by atoms with van der Waals surface area (Å²) in [5.74, 6) is 0.833. The van der Waals surface area contributed by atoms with Crippen LogP contribution in [0.3, 0.4) is 0 Å². The van der Waals surface area contributed by atoms with Crippen molar-refractivity contribution >= 4 is 15.9 Å². The highest BCUT2D eigenvalue weighted by Gasteiger charge is 2.25. The van der Waals surface area contributed by atoms with E-state index in [2.05, 4.69) is 22.4 Å². The second kappa shape index (κ2) is 5.87. The number of nitrogens with one attached hydrogen (secondary N) is 1. The van der Waals surface area contributed by atoms with Crippen LogP contribution in [0.4, 0.5) is 6.01 Å². The molecule has 0 radical (unpaired) electrons. The lowest BCUT2D eigenvalue weighted by Crippen LogP contribution is -2.40. The second-order valence-corrected chi connectivity index (χ2v) is 7.04. The van der Waals surface area contributed by atoms with Crippen molar-refractivity contribution in [3.63, 3.8) is 0 Å². The Hall–Kier alpha value is -1.15. The molecular weight excluding hydrogens is 268 g/mol. The Bertz CT molecular complexity index is 500. The summed E-state index contributed by atoms with van der Waals surface area (Å²) in [5, 5.41) is 11.3. The van der Waals surface area contributed by atoms with Crippen LogP contribution >= 0.6 is 0 Å². The summed E-state index contributed by atoms with van der Waals surface area (Å²) in [5.41, 5.74) is 0. The molecule has 7 nitrogen and oxygen atoms in total. The van der Waals surface area contributed by atoms with Gasteiger partial charge in [-0.15, -0.1) is 5.10 Å². The maximum absolute atomic E-state index is 11.4. The predicted molar refractivity (Wildman–Crippen MR) is 71.9 cm³/mol. The summed E-state index contributed by atoms with van der Waals surface area (Å²) in [6, 6.07) is 0.421. The van der Waals surface area contributed by atoms with Gasteiger partial charge < -0.3 is 14.6 Å². The quantitative estimate of drug-likeness (QED) is 0.837. The van der Waals surface area contributed by atoms with E-state index in [4.69, 9.17) is 4.42 Å². The molecule has 0 spiro atoms. The second-order valence-electron chi connectivity index (χ2n) is 4.74. The van der Waals surface area contributed by atoms with Crippen molar-refractivity contribution in [3.05, 3.63) is 5.89 Å². The molecule has 0 saturated carbocycles. The zero-order chi connectivity index (χ0) is 13.9. The summed E-state index contributed by atoms with van der Waals surface area (Å²) < 4.78 is 28.3. The third-order valence-corrected chi connectivity index (χ3v) is 4.73. The Morgan fingerprint density at radius 3 is 2.68 bits per heavy atom. The first-order valence-electron chi connectivity index (χ1n) is 6.54. The minimum Gasteiger partial charge on any atom is -0.406 e. The molecule has 1 aromatic rings. The van der Waals surface area contributed by atoms with Gasteiger partial charge >= 0.3 is 6.01 Å². The standard InChI is InChI=1S/C11H20N4O3S/c1-3-4-12-9(2)10-13-14-11(18-10)15-5-7-19(16,17)8-6-15/h9,12H,3-8H2,1-2H3. The number of rotatable bonds is 5. The molecule has 1 aliphatic rings. The average Bonchev–Trinajstić information content (AvgIpc) is 2.85. The molecule has 0 bridgehead atoms. The number of sulfone groups is 1. The van der Waals surface area contributed by atoms with E-state index in [-0.39, 0.29) is 17.5 Å². The molecule has 2 rings (SSSR count). The van der Waals surface area contributed by atoms with Gasteiger partial charge in [0.15, 0.2) is 9.84 Å². The Labute approximate surface area is 113 Å². The van der Waals surface area contributed by atoms with E-state index in [1.807, 2.05) is 11.8 Å². The van der Waals surface area contributed by atoms with E-state index in [0.717, 1.165) is 13.0 Å². The summed E-state index contributed by atoms with van der Waals surface area (Å²) in [6.07, 6.45) is 1.04. The van der Waals surface area contributed by atoms with E-state index in [9.17, 15) is 8.42 Å². The molecule has 0 aromatic carbocycles. The number of aromatic nitrogens is 2. The molecule has 1 saturated heterocycles. The lowest BCUT2D eigenvalue weighted by atomic mass is 10.3. The minimum atomic E-state index is -2.89. The molecule has 1 atom stereocenters. The minimum absolute atomic E-state index is 0.00900. The molecule has 0 aliphatic carbocycles. The average molecular weight is 288 g/mol. The summed E-state index contributed by atoms with van der Waals surface area (Å²) in [4.78, 5) is 1.82. The van der Waals surface area contributed by atoms with Crippen LogP contribution in [0.5, 0.6) is 0 Å². The first-order valence-corrected chi connectivity index (χ1v) is 8.36. The maximum atomic E-state index is 11.4. The normalized spacial score (nSPS) is 20.4. The van der Waals surface area contributed by atoms with Gasteiger partial charge in [0, 0.05) is 13.1 Å². The Balaban J connectivity index is 1.97. The van der Waals surface area contributed by atoms with Gasteiger partial charge in [0.05, 0.1) is 17.5 Å². The number of anilines is 1. The molecule has 19 heavy (non-hydrogen) atoms. The van der Waals surface area contributed by atoms with Gasteiger partial charge in [0.25, 0.3) is 0 Å². The van der Waals surface area contributed by atoms with E-state index in [1.54, 1.807) is 0 Å². The summed E-state index contributed by atoms with van der Waals surface area (Å²) >= 11 is 0. The third-order valence-electron chi connectivity index (χ3n) is 3.12. The van der Waals surface area contributed by atoms with Crippen LogP contribution in [-0.2, 0) is 9.84 Å². The fourth-order valence-electron chi connectivity index (χ4n) is 1.88. The van der Waals surface area contributed by atoms with Crippen molar-refractivity contribution in [2.45, 2.75) is 26.3 Å². The molecule has 108 valence electrons. The van der Waals surface area contributed by atoms with Crippen LogP contribution in [0, 0.1) is 0 Å². The summed E-state index contributed by atoms with van der Waals surface area (Å²) in [7, 11) is -2.89. The van der Waals surface area contributed by atoms with E-state index >= 15 is 0 Å². The van der Waals surface area contributed by atoms with Gasteiger partial charge in [0.1, 0.15) is 0 Å². The lowest BCUT2D eigenvalue weighted by molar-refractivity contribution is 0.414. The molecule has 1 aliphatic heterocycles. The zero-order valence-corrected chi connectivity index (χ0v) is 12.1. The molecule has 1 N–H and O–H groups in total. The Morgan fingerprint density at radius 2 is 2.05 bits per heavy atom. The van der Waals surface area contributed by atoms with Crippen molar-refractivity contribution in [1.82, 2.24) is 15.5 Å². The van der Waals surface area contributed by atoms with Gasteiger partial charge in [0.2, 0.25) is 5.89 Å². The van der Waals surface area contributed by atoms with Gasteiger partial charge in [-0.05, 0) is 19.9 Å². The highest BCUT2D eigenvalue weighted by atomic mass is 32.2. The highest BCUT2D eigenvalue weighted by molar-refractivity contribution is 7.91. The first kappa shape index (κ1) is 14.3. The largest absolute Gasteiger partial charge is 0.406 e. The molecule has 1 aromatic heterocycles. The zero-order valence-electron chi connectivity index (χ0n) is 11.3. The first-order chi connectivity index (χ1) is 9.02. The third kappa shape index (κ3) is 3.66. The SMILES string of the molecule is CCCNC(C)c1nnc(N2CCS(=O)(=O)CC2)o1. The van der Waals surface area contributed by atoms with Gasteiger partial charge in [-0.3, -0.25) is 0 Å². The van der Waals surface area contributed by atoms with Gasteiger partial charge in [-0.1, -0.05) is 12.0 Å². The number of hydrogen-bond donors (Lipinski definition) is 1. The Kier molecular flexibility index (Phi) is 4.41.